The highest BCUT2D eigenvalue weighted by molar-refractivity contribution is 5.77. The summed E-state index contributed by atoms with van der Waals surface area (Å²) in [7, 11) is 1.42. The average Bonchev–Trinajstić information content (AvgIpc) is 2.55. The second-order valence-corrected chi connectivity index (χ2v) is 4.51. The van der Waals surface area contributed by atoms with Crippen LogP contribution in [0.2, 0.25) is 0 Å². The Hall–Kier alpha value is -2.75. The molecule has 1 atom stereocenters. The number of isocyanates is 1. The van der Waals surface area contributed by atoms with E-state index in [-0.39, 0.29) is 6.61 Å². The van der Waals surface area contributed by atoms with Crippen LogP contribution in [0.15, 0.2) is 59.6 Å². The second-order valence-electron chi connectivity index (χ2n) is 4.51. The fourth-order valence-corrected chi connectivity index (χ4v) is 1.98. The lowest BCUT2D eigenvalue weighted by Gasteiger charge is -2.15. The molecule has 0 aliphatic rings. The third-order valence-corrected chi connectivity index (χ3v) is 3.02. The van der Waals surface area contributed by atoms with Gasteiger partial charge in [-0.25, -0.2) is 9.59 Å². The van der Waals surface area contributed by atoms with Crippen molar-refractivity contribution < 1.29 is 19.1 Å². The molecule has 5 heteroatoms. The molecule has 0 amide bonds. The van der Waals surface area contributed by atoms with Gasteiger partial charge >= 0.3 is 5.97 Å². The van der Waals surface area contributed by atoms with E-state index >= 15 is 0 Å². The Morgan fingerprint density at radius 2 is 1.95 bits per heavy atom. The maximum Gasteiger partial charge on any atom is 0.340 e. The molecule has 0 bridgehead atoms. The molecule has 0 saturated carbocycles. The van der Waals surface area contributed by atoms with Gasteiger partial charge in [0, 0.05) is 7.11 Å². The van der Waals surface area contributed by atoms with Crippen molar-refractivity contribution in [2.45, 2.75) is 12.7 Å². The number of hydrogen-bond donors (Lipinski definition) is 0. The van der Waals surface area contributed by atoms with E-state index < -0.39 is 12.1 Å². The van der Waals surface area contributed by atoms with Gasteiger partial charge in [-0.2, -0.15) is 4.99 Å². The predicted molar refractivity (Wildman–Crippen MR) is 80.2 cm³/mol. The summed E-state index contributed by atoms with van der Waals surface area (Å²) in [6.07, 6.45) is 0.592. The zero-order chi connectivity index (χ0) is 15.8. The van der Waals surface area contributed by atoms with Gasteiger partial charge in [0.15, 0.2) is 6.10 Å². The van der Waals surface area contributed by atoms with Crippen molar-refractivity contribution in [3.05, 3.63) is 65.7 Å². The highest BCUT2D eigenvalue weighted by Crippen LogP contribution is 2.23. The first-order chi connectivity index (χ1) is 10.7. The Kier molecular flexibility index (Phi) is 5.60. The fourth-order valence-electron chi connectivity index (χ4n) is 1.98. The largest absolute Gasteiger partial charge is 0.459 e. The van der Waals surface area contributed by atoms with Crippen LogP contribution in [0.3, 0.4) is 0 Å². The van der Waals surface area contributed by atoms with Crippen LogP contribution in [0, 0.1) is 0 Å². The number of carbonyl (C=O) groups is 1. The van der Waals surface area contributed by atoms with Crippen LogP contribution in [0.25, 0.3) is 0 Å². The number of ether oxygens (including phenoxy) is 2. The highest BCUT2D eigenvalue weighted by atomic mass is 16.6. The van der Waals surface area contributed by atoms with E-state index in [0.29, 0.717) is 11.3 Å². The summed E-state index contributed by atoms with van der Waals surface area (Å²) >= 11 is 0. The molecule has 0 aliphatic carbocycles. The van der Waals surface area contributed by atoms with E-state index in [2.05, 4.69) is 4.99 Å². The minimum Gasteiger partial charge on any atom is -0.459 e. The highest BCUT2D eigenvalue weighted by Gasteiger charge is 2.22. The van der Waals surface area contributed by atoms with Crippen LogP contribution in [0.4, 0.5) is 5.69 Å². The molecular formula is C17H15NO4. The lowest BCUT2D eigenvalue weighted by Crippen LogP contribution is -2.17. The monoisotopic (exact) mass is 297 g/mol. The van der Waals surface area contributed by atoms with Crippen LogP contribution in [-0.2, 0) is 25.7 Å². The van der Waals surface area contributed by atoms with Crippen molar-refractivity contribution >= 4 is 17.7 Å². The predicted octanol–water partition coefficient (Wildman–Crippen LogP) is 3.08. The zero-order valence-electron chi connectivity index (χ0n) is 12.1. The van der Waals surface area contributed by atoms with Crippen LogP contribution in [-0.4, -0.2) is 19.2 Å². The SMILES string of the molecule is COC(C(=O)OCc1ccccc1)c1cccc(N=C=O)c1. The number of aliphatic imine (C=N–C) groups is 1. The molecule has 0 N–H and O–H groups in total. The standard InChI is InChI=1S/C17H15NO4/c1-21-16(14-8-5-9-15(10-14)18-12-19)17(20)22-11-13-6-3-2-4-7-13/h2-10,16H,11H2,1H3. The van der Waals surface area contributed by atoms with Crippen molar-refractivity contribution in [1.29, 1.82) is 0 Å². The number of carbonyl (C=O) groups excluding carboxylic acids is 2. The second kappa shape index (κ2) is 7.88. The summed E-state index contributed by atoms with van der Waals surface area (Å²) in [5, 5.41) is 0. The van der Waals surface area contributed by atoms with Crippen LogP contribution in [0.1, 0.15) is 17.2 Å². The van der Waals surface area contributed by atoms with Gasteiger partial charge in [-0.3, -0.25) is 0 Å². The molecular weight excluding hydrogens is 282 g/mol. The lowest BCUT2D eigenvalue weighted by molar-refractivity contribution is -0.157. The van der Waals surface area contributed by atoms with Gasteiger partial charge < -0.3 is 9.47 Å². The first kappa shape index (κ1) is 15.6. The topological polar surface area (TPSA) is 65.0 Å². The number of rotatable bonds is 6. The molecule has 1 unspecified atom stereocenters. The van der Waals surface area contributed by atoms with Gasteiger partial charge in [0.25, 0.3) is 0 Å². The maximum absolute atomic E-state index is 12.2. The van der Waals surface area contributed by atoms with Gasteiger partial charge in [0.2, 0.25) is 6.08 Å². The molecule has 22 heavy (non-hydrogen) atoms. The van der Waals surface area contributed by atoms with Gasteiger partial charge in [0.1, 0.15) is 6.61 Å². The van der Waals surface area contributed by atoms with E-state index in [1.54, 1.807) is 24.3 Å². The van der Waals surface area contributed by atoms with Crippen LogP contribution < -0.4 is 0 Å². The number of methoxy groups -OCH3 is 1. The Bertz CT molecular complexity index is 678. The third-order valence-electron chi connectivity index (χ3n) is 3.02. The summed E-state index contributed by atoms with van der Waals surface area (Å²) < 4.78 is 10.5. The molecule has 5 nitrogen and oxygen atoms in total. The van der Waals surface area contributed by atoms with Gasteiger partial charge in [-0.15, -0.1) is 0 Å². The van der Waals surface area contributed by atoms with Gasteiger partial charge in [0.05, 0.1) is 5.69 Å². The molecule has 0 aromatic heterocycles. The number of hydrogen-bond acceptors (Lipinski definition) is 5. The molecule has 112 valence electrons. The van der Waals surface area contributed by atoms with Crippen molar-refractivity contribution in [3.63, 3.8) is 0 Å². The lowest BCUT2D eigenvalue weighted by atomic mass is 10.1. The molecule has 2 aromatic carbocycles. The van der Waals surface area contributed by atoms with Crippen molar-refractivity contribution in [2.75, 3.05) is 7.11 Å². The summed E-state index contributed by atoms with van der Waals surface area (Å²) in [6.45, 7) is 0.172. The Labute approximate surface area is 128 Å². The number of nitrogens with zero attached hydrogens (tertiary/aromatic N) is 1. The number of benzene rings is 2. The normalized spacial score (nSPS) is 11.3. The first-order valence-electron chi connectivity index (χ1n) is 6.66. The zero-order valence-corrected chi connectivity index (χ0v) is 12.1. The molecule has 2 rings (SSSR count). The molecule has 0 saturated heterocycles. The first-order valence-corrected chi connectivity index (χ1v) is 6.66. The summed E-state index contributed by atoms with van der Waals surface area (Å²) in [4.78, 5) is 26.0. The van der Waals surface area contributed by atoms with Crippen LogP contribution >= 0.6 is 0 Å². The summed E-state index contributed by atoms with van der Waals surface area (Å²) in [6, 6.07) is 16.0. The molecule has 0 aliphatic heterocycles. The average molecular weight is 297 g/mol. The van der Waals surface area contributed by atoms with Gasteiger partial charge in [-0.1, -0.05) is 42.5 Å². The summed E-state index contributed by atoms with van der Waals surface area (Å²) in [5.41, 5.74) is 1.87. The minimum absolute atomic E-state index is 0.172. The fraction of sp³-hybridized carbons (Fsp3) is 0.176. The third kappa shape index (κ3) is 4.12. The van der Waals surface area contributed by atoms with Crippen molar-refractivity contribution in [2.24, 2.45) is 4.99 Å². The van der Waals surface area contributed by atoms with E-state index in [0.717, 1.165) is 5.56 Å². The summed E-state index contributed by atoms with van der Waals surface area (Å²) in [5.74, 6) is -0.501. The van der Waals surface area contributed by atoms with E-state index in [9.17, 15) is 9.59 Å². The molecule has 0 radical (unpaired) electrons. The van der Waals surface area contributed by atoms with Crippen molar-refractivity contribution in [3.8, 4) is 0 Å². The van der Waals surface area contributed by atoms with Crippen molar-refractivity contribution in [1.82, 2.24) is 0 Å². The van der Waals surface area contributed by atoms with E-state index in [1.165, 1.54) is 13.2 Å². The molecule has 0 spiro atoms. The Morgan fingerprint density at radius 1 is 1.18 bits per heavy atom. The molecule has 0 heterocycles. The minimum atomic E-state index is -0.870. The molecule has 0 fully saturated rings. The maximum atomic E-state index is 12.2. The Morgan fingerprint density at radius 3 is 2.64 bits per heavy atom. The Balaban J connectivity index is 2.08. The smallest absolute Gasteiger partial charge is 0.340 e. The van der Waals surface area contributed by atoms with Crippen LogP contribution in [0.5, 0.6) is 0 Å². The number of esters is 1. The quantitative estimate of drug-likeness (QED) is 0.467. The van der Waals surface area contributed by atoms with Gasteiger partial charge in [-0.05, 0) is 23.3 Å². The van der Waals surface area contributed by atoms with E-state index in [4.69, 9.17) is 9.47 Å². The molecule has 2 aromatic rings. The van der Waals surface area contributed by atoms with E-state index in [1.807, 2.05) is 30.3 Å².